The predicted octanol–water partition coefficient (Wildman–Crippen LogP) is 3.26. The molecule has 0 spiro atoms. The summed E-state index contributed by atoms with van der Waals surface area (Å²) in [7, 11) is -4.85. The van der Waals surface area contributed by atoms with Crippen LogP contribution in [0.2, 0.25) is 0 Å². The Morgan fingerprint density at radius 2 is 2.03 bits per heavy atom. The molecular weight excluding hydrogens is 447 g/mol. The van der Waals surface area contributed by atoms with Crippen LogP contribution in [0.15, 0.2) is 30.5 Å². The first-order valence-electron chi connectivity index (χ1n) is 10.1. The van der Waals surface area contributed by atoms with E-state index in [1.165, 1.54) is 12.3 Å². The largest absolute Gasteiger partial charge is 0.343 e. The van der Waals surface area contributed by atoms with Gasteiger partial charge in [-0.2, -0.15) is 8.42 Å². The second-order valence-electron chi connectivity index (χ2n) is 8.24. The van der Waals surface area contributed by atoms with Gasteiger partial charge in [0.25, 0.3) is 11.8 Å². The summed E-state index contributed by atoms with van der Waals surface area (Å²) >= 11 is 0. The molecule has 11 heteroatoms. The van der Waals surface area contributed by atoms with E-state index < -0.39 is 65.7 Å². The minimum atomic E-state index is -4.85. The van der Waals surface area contributed by atoms with Gasteiger partial charge in [-0.1, -0.05) is 19.9 Å². The molecule has 1 fully saturated rings. The number of carbonyl (C=O) groups is 2. The molecule has 1 aromatic heterocycles. The van der Waals surface area contributed by atoms with Crippen molar-refractivity contribution in [1.82, 2.24) is 15.2 Å². The summed E-state index contributed by atoms with van der Waals surface area (Å²) in [6.45, 7) is 2.55. The second-order valence-corrected chi connectivity index (χ2v) is 9.73. The lowest BCUT2D eigenvalue weighted by Gasteiger charge is -2.23. The number of pyridine rings is 1. The molecule has 0 radical (unpaired) electrons. The van der Waals surface area contributed by atoms with Gasteiger partial charge in [0, 0.05) is 25.5 Å². The van der Waals surface area contributed by atoms with Gasteiger partial charge >= 0.3 is 10.2 Å². The zero-order valence-corrected chi connectivity index (χ0v) is 18.5. The molecule has 1 N–H and O–H groups in total. The summed E-state index contributed by atoms with van der Waals surface area (Å²) in [5.41, 5.74) is 1.89. The topological polar surface area (TPSA) is 96.4 Å². The van der Waals surface area contributed by atoms with E-state index in [-0.39, 0.29) is 12.9 Å². The highest BCUT2D eigenvalue weighted by atomic mass is 32.3. The minimum absolute atomic E-state index is 0. The molecule has 1 aromatic carbocycles. The highest BCUT2D eigenvalue weighted by molar-refractivity contribution is 7.86. The molecule has 1 aliphatic heterocycles. The molecule has 3 rings (SSSR count). The van der Waals surface area contributed by atoms with Crippen molar-refractivity contribution in [1.29, 1.82) is 0 Å². The fourth-order valence-electron chi connectivity index (χ4n) is 3.80. The Kier molecular flexibility index (Phi) is 6.77. The van der Waals surface area contributed by atoms with Crippen LogP contribution < -0.4 is 5.32 Å². The van der Waals surface area contributed by atoms with Crippen LogP contribution >= 0.6 is 0 Å². The third-order valence-corrected chi connectivity index (χ3v) is 6.19. The van der Waals surface area contributed by atoms with E-state index in [1.54, 1.807) is 6.07 Å². The molecule has 0 aliphatic carbocycles. The van der Waals surface area contributed by atoms with E-state index >= 15 is 0 Å². The normalized spacial score (nSPS) is 18.3. The summed E-state index contributed by atoms with van der Waals surface area (Å²) in [6, 6.07) is 5.93. The van der Waals surface area contributed by atoms with E-state index in [9.17, 15) is 30.7 Å². The number of halogens is 3. The van der Waals surface area contributed by atoms with E-state index in [2.05, 4.69) is 10.3 Å². The molecule has 1 unspecified atom stereocenters. The third kappa shape index (κ3) is 5.76. The molecule has 0 saturated carbocycles. The highest BCUT2D eigenvalue weighted by Crippen LogP contribution is 2.33. The number of alkyl halides is 2. The first-order chi connectivity index (χ1) is 14.9. The summed E-state index contributed by atoms with van der Waals surface area (Å²) in [4.78, 5) is 30.3. The molecule has 1 atom stereocenters. The number of benzene rings is 1. The number of carbonyl (C=O) groups excluding carboxylic acids is 2. The average molecular weight is 474 g/mol. The molecular formula is C21H26F3N3O4S. The van der Waals surface area contributed by atoms with Crippen LogP contribution in [0.25, 0.3) is 10.9 Å². The Morgan fingerprint density at radius 1 is 1.31 bits per heavy atom. The highest BCUT2D eigenvalue weighted by Gasteiger charge is 2.46. The number of fused-ring (bicyclic) bond motifs is 1. The number of rotatable bonds is 7. The number of likely N-dealkylation sites (tertiary alicyclic amines) is 1. The fourth-order valence-corrected chi connectivity index (χ4v) is 4.35. The number of nitrogens with zero attached hydrogens (tertiary/aromatic N) is 2. The number of amides is 2. The zero-order chi connectivity index (χ0) is 23.7. The monoisotopic (exact) mass is 473 g/mol. The summed E-state index contributed by atoms with van der Waals surface area (Å²) < 4.78 is 62.0. The SMILES string of the molecule is CC(C)c1ccc2nccc(C(=O)NCC(=O)N3CC(F)(F)CC3CCS(=O)(=O)F)c2c1.[HH]. The predicted molar refractivity (Wildman–Crippen MR) is 115 cm³/mol. The van der Waals surface area contributed by atoms with Crippen molar-refractivity contribution < 1.29 is 32.1 Å². The van der Waals surface area contributed by atoms with Crippen molar-refractivity contribution in [3.63, 3.8) is 0 Å². The van der Waals surface area contributed by atoms with Gasteiger partial charge in [-0.05, 0) is 36.1 Å². The van der Waals surface area contributed by atoms with Crippen molar-refractivity contribution in [2.75, 3.05) is 18.8 Å². The van der Waals surface area contributed by atoms with Crippen molar-refractivity contribution in [3.05, 3.63) is 41.6 Å². The Balaban J connectivity index is 0.00000385. The lowest BCUT2D eigenvalue weighted by Crippen LogP contribution is -2.43. The molecule has 32 heavy (non-hydrogen) atoms. The maximum absolute atomic E-state index is 13.8. The summed E-state index contributed by atoms with van der Waals surface area (Å²) in [5, 5.41) is 3.04. The third-order valence-electron chi connectivity index (χ3n) is 5.47. The quantitative estimate of drug-likeness (QED) is 0.623. The van der Waals surface area contributed by atoms with E-state index in [0.717, 1.165) is 10.5 Å². The van der Waals surface area contributed by atoms with Gasteiger partial charge < -0.3 is 10.2 Å². The van der Waals surface area contributed by atoms with Crippen LogP contribution in [-0.2, 0) is 15.0 Å². The van der Waals surface area contributed by atoms with Crippen LogP contribution in [0, 0.1) is 0 Å². The Bertz CT molecular complexity index is 1140. The average Bonchev–Trinajstić information content (AvgIpc) is 3.03. The van der Waals surface area contributed by atoms with Crippen LogP contribution in [-0.4, -0.2) is 60.9 Å². The van der Waals surface area contributed by atoms with Crippen LogP contribution in [0.5, 0.6) is 0 Å². The molecule has 2 heterocycles. The van der Waals surface area contributed by atoms with Gasteiger partial charge in [-0.3, -0.25) is 14.6 Å². The number of hydrogen-bond acceptors (Lipinski definition) is 5. The van der Waals surface area contributed by atoms with E-state index in [1.807, 2.05) is 26.0 Å². The lowest BCUT2D eigenvalue weighted by molar-refractivity contribution is -0.132. The van der Waals surface area contributed by atoms with Crippen molar-refractivity contribution in [3.8, 4) is 0 Å². The van der Waals surface area contributed by atoms with Gasteiger partial charge in [-0.15, -0.1) is 3.89 Å². The standard InChI is InChI=1S/C21H24F3N3O4S.H2/c1-13(2)14-3-4-18-17(9-14)16(5-7-25-18)20(29)26-11-19(28)27-12-21(22,23)10-15(27)6-8-32(24,30)31;/h3-5,7,9,13,15H,6,8,10-12H2,1-2H3,(H,26,29);1H. The van der Waals surface area contributed by atoms with Gasteiger partial charge in [0.05, 0.1) is 29.9 Å². The van der Waals surface area contributed by atoms with Crippen molar-refractivity contribution in [2.45, 2.75) is 44.6 Å². The molecule has 1 saturated heterocycles. The number of nitrogens with one attached hydrogen (secondary N) is 1. The Morgan fingerprint density at radius 3 is 2.69 bits per heavy atom. The van der Waals surface area contributed by atoms with Gasteiger partial charge in [0.2, 0.25) is 5.91 Å². The zero-order valence-electron chi connectivity index (χ0n) is 17.6. The summed E-state index contributed by atoms with van der Waals surface area (Å²) in [6.07, 6.45) is 0.263. The van der Waals surface area contributed by atoms with E-state index in [4.69, 9.17) is 0 Å². The Labute approximate surface area is 185 Å². The number of hydrogen-bond donors (Lipinski definition) is 1. The Hall–Kier alpha value is -2.69. The molecule has 2 aromatic rings. The molecule has 1 aliphatic rings. The van der Waals surface area contributed by atoms with Crippen molar-refractivity contribution in [2.24, 2.45) is 0 Å². The molecule has 176 valence electrons. The molecule has 0 bridgehead atoms. The maximum atomic E-state index is 13.8. The van der Waals surface area contributed by atoms with E-state index in [0.29, 0.717) is 10.9 Å². The van der Waals surface area contributed by atoms with Crippen LogP contribution in [0.3, 0.4) is 0 Å². The van der Waals surface area contributed by atoms with Crippen LogP contribution in [0.4, 0.5) is 12.7 Å². The van der Waals surface area contributed by atoms with Gasteiger partial charge in [0.15, 0.2) is 0 Å². The smallest absolute Gasteiger partial charge is 0.302 e. The van der Waals surface area contributed by atoms with Crippen molar-refractivity contribution >= 4 is 32.9 Å². The molecule has 2 amide bonds. The minimum Gasteiger partial charge on any atom is -0.343 e. The summed E-state index contributed by atoms with van der Waals surface area (Å²) in [5.74, 6) is -5.30. The lowest BCUT2D eigenvalue weighted by atomic mass is 9.99. The maximum Gasteiger partial charge on any atom is 0.302 e. The second kappa shape index (κ2) is 9.05. The first-order valence-corrected chi connectivity index (χ1v) is 11.7. The van der Waals surface area contributed by atoms with Gasteiger partial charge in [-0.25, -0.2) is 8.78 Å². The van der Waals surface area contributed by atoms with Gasteiger partial charge in [0.1, 0.15) is 0 Å². The van der Waals surface area contributed by atoms with Crippen LogP contribution in [0.1, 0.15) is 50.0 Å². The number of aromatic nitrogens is 1. The molecule has 7 nitrogen and oxygen atoms in total. The fraction of sp³-hybridized carbons (Fsp3) is 0.476. The first kappa shape index (κ1) is 24.0.